The molecule has 0 spiro atoms. The van der Waals surface area contributed by atoms with E-state index in [0.717, 1.165) is 10.6 Å². The second-order valence-electron chi connectivity index (χ2n) is 5.42. The van der Waals surface area contributed by atoms with Gasteiger partial charge in [-0.1, -0.05) is 5.16 Å². The summed E-state index contributed by atoms with van der Waals surface area (Å²) in [5.41, 5.74) is 1.55. The summed E-state index contributed by atoms with van der Waals surface area (Å²) in [4.78, 5) is 17.8. The minimum Gasteiger partial charge on any atom is -0.489 e. The number of aromatic nitrogens is 2. The summed E-state index contributed by atoms with van der Waals surface area (Å²) < 4.78 is 23.6. The molecule has 3 aromatic rings. The average molecular weight is 361 g/mol. The molecule has 0 radical (unpaired) electrons. The van der Waals surface area contributed by atoms with Gasteiger partial charge in [0.05, 0.1) is 11.3 Å². The van der Waals surface area contributed by atoms with E-state index >= 15 is 0 Å². The summed E-state index contributed by atoms with van der Waals surface area (Å²) in [5.74, 6) is 0.212. The summed E-state index contributed by atoms with van der Waals surface area (Å²) in [6.07, 6.45) is 0. The minimum absolute atomic E-state index is 0.0830. The molecular weight excluding hydrogens is 345 g/mol. The third-order valence-electron chi connectivity index (χ3n) is 3.65. The molecule has 0 aliphatic heterocycles. The number of thiazole rings is 1. The van der Waals surface area contributed by atoms with Crippen LogP contribution in [-0.4, -0.2) is 16.0 Å². The minimum atomic E-state index is -0.414. The second-order valence-corrected chi connectivity index (χ2v) is 6.63. The lowest BCUT2D eigenvalue weighted by Crippen LogP contribution is -2.15. The Morgan fingerprint density at radius 1 is 1.28 bits per heavy atom. The first-order valence-electron chi connectivity index (χ1n) is 7.53. The van der Waals surface area contributed by atoms with Crippen molar-refractivity contribution < 1.29 is 18.4 Å². The summed E-state index contributed by atoms with van der Waals surface area (Å²) in [7, 11) is 0. The maximum atomic E-state index is 12.9. The van der Waals surface area contributed by atoms with Crippen LogP contribution in [0, 0.1) is 26.6 Å². The number of amides is 1. The van der Waals surface area contributed by atoms with E-state index in [2.05, 4.69) is 15.5 Å². The van der Waals surface area contributed by atoms with Crippen LogP contribution in [0.15, 0.2) is 28.8 Å². The van der Waals surface area contributed by atoms with Crippen molar-refractivity contribution in [3.63, 3.8) is 0 Å². The number of carbonyl (C=O) groups excluding carboxylic acids is 1. The molecule has 0 bridgehead atoms. The van der Waals surface area contributed by atoms with Crippen molar-refractivity contribution >= 4 is 22.4 Å². The highest BCUT2D eigenvalue weighted by Crippen LogP contribution is 2.23. The molecule has 0 saturated carbocycles. The maximum Gasteiger partial charge on any atom is 0.280 e. The van der Waals surface area contributed by atoms with Gasteiger partial charge in [0.25, 0.3) is 5.91 Å². The van der Waals surface area contributed by atoms with Crippen LogP contribution in [0.4, 0.5) is 9.52 Å². The number of ether oxygens (including phenoxy) is 1. The van der Waals surface area contributed by atoms with Gasteiger partial charge in [-0.3, -0.25) is 10.1 Å². The van der Waals surface area contributed by atoms with E-state index in [1.165, 1.54) is 35.6 Å². The Labute approximate surface area is 147 Å². The molecule has 0 aliphatic carbocycles. The number of benzene rings is 1. The van der Waals surface area contributed by atoms with Crippen molar-refractivity contribution in [2.75, 3.05) is 5.32 Å². The number of hydrogen-bond acceptors (Lipinski definition) is 6. The molecule has 3 rings (SSSR count). The Bertz CT molecular complexity index is 883. The highest BCUT2D eigenvalue weighted by atomic mass is 32.1. The van der Waals surface area contributed by atoms with Gasteiger partial charge in [0.1, 0.15) is 23.9 Å². The molecular formula is C17H16FN3O3S. The molecule has 0 saturated heterocycles. The molecule has 1 N–H and O–H groups in total. The third-order valence-corrected chi connectivity index (χ3v) is 4.63. The number of carbonyl (C=O) groups is 1. The Morgan fingerprint density at radius 3 is 2.64 bits per heavy atom. The highest BCUT2D eigenvalue weighted by molar-refractivity contribution is 7.15. The van der Waals surface area contributed by atoms with E-state index in [1.807, 2.05) is 13.8 Å². The number of halogens is 1. The monoisotopic (exact) mass is 361 g/mol. The molecule has 2 heterocycles. The predicted octanol–water partition coefficient (Wildman–Crippen LogP) is 4.03. The van der Waals surface area contributed by atoms with Crippen molar-refractivity contribution in [3.8, 4) is 5.75 Å². The zero-order valence-corrected chi connectivity index (χ0v) is 14.7. The highest BCUT2D eigenvalue weighted by Gasteiger charge is 2.21. The first-order valence-corrected chi connectivity index (χ1v) is 8.34. The van der Waals surface area contributed by atoms with E-state index in [9.17, 15) is 9.18 Å². The fraction of sp³-hybridized carbons (Fsp3) is 0.235. The van der Waals surface area contributed by atoms with E-state index in [0.29, 0.717) is 22.2 Å². The predicted molar refractivity (Wildman–Crippen MR) is 91.5 cm³/mol. The molecule has 0 fully saturated rings. The smallest absolute Gasteiger partial charge is 0.280 e. The van der Waals surface area contributed by atoms with E-state index in [1.54, 1.807) is 6.92 Å². The van der Waals surface area contributed by atoms with Crippen LogP contribution >= 0.6 is 11.3 Å². The lowest BCUT2D eigenvalue weighted by Gasteiger charge is -2.06. The Hall–Kier alpha value is -2.74. The lowest BCUT2D eigenvalue weighted by molar-refractivity contribution is 0.101. The lowest BCUT2D eigenvalue weighted by atomic mass is 10.2. The van der Waals surface area contributed by atoms with Gasteiger partial charge < -0.3 is 9.26 Å². The Balaban J connectivity index is 1.74. The van der Waals surface area contributed by atoms with Gasteiger partial charge in [-0.05, 0) is 45.0 Å². The molecule has 0 unspecified atom stereocenters. The van der Waals surface area contributed by atoms with Crippen LogP contribution in [0.3, 0.4) is 0 Å². The molecule has 2 aromatic heterocycles. The zero-order valence-electron chi connectivity index (χ0n) is 13.9. The number of hydrogen-bond donors (Lipinski definition) is 1. The third kappa shape index (κ3) is 3.85. The van der Waals surface area contributed by atoms with Gasteiger partial charge in [0.2, 0.25) is 0 Å². The molecule has 25 heavy (non-hydrogen) atoms. The summed E-state index contributed by atoms with van der Waals surface area (Å²) in [6.45, 7) is 5.60. The van der Waals surface area contributed by atoms with Crippen LogP contribution in [0.5, 0.6) is 5.75 Å². The van der Waals surface area contributed by atoms with Crippen molar-refractivity contribution in [3.05, 3.63) is 57.7 Å². The normalized spacial score (nSPS) is 10.7. The van der Waals surface area contributed by atoms with Crippen LogP contribution in [0.25, 0.3) is 0 Å². The average Bonchev–Trinajstić information content (AvgIpc) is 3.09. The van der Waals surface area contributed by atoms with Gasteiger partial charge in [-0.15, -0.1) is 11.3 Å². The van der Waals surface area contributed by atoms with E-state index < -0.39 is 5.91 Å². The Morgan fingerprint density at radius 2 is 2.00 bits per heavy atom. The molecule has 6 nitrogen and oxygen atoms in total. The van der Waals surface area contributed by atoms with Crippen LogP contribution in [0.2, 0.25) is 0 Å². The number of rotatable bonds is 5. The van der Waals surface area contributed by atoms with Crippen molar-refractivity contribution in [1.82, 2.24) is 10.1 Å². The zero-order chi connectivity index (χ0) is 18.0. The van der Waals surface area contributed by atoms with E-state index in [-0.39, 0.29) is 18.1 Å². The van der Waals surface area contributed by atoms with E-state index in [4.69, 9.17) is 9.26 Å². The van der Waals surface area contributed by atoms with Crippen LogP contribution in [-0.2, 0) is 6.61 Å². The molecule has 0 aliphatic rings. The van der Waals surface area contributed by atoms with Crippen molar-refractivity contribution in [2.45, 2.75) is 27.4 Å². The first kappa shape index (κ1) is 17.1. The number of nitrogens with zero attached hydrogens (tertiary/aromatic N) is 2. The first-order chi connectivity index (χ1) is 11.9. The fourth-order valence-electron chi connectivity index (χ4n) is 2.11. The summed E-state index contributed by atoms with van der Waals surface area (Å²) in [6, 6.07) is 5.63. The Kier molecular flexibility index (Phi) is 4.80. The number of anilines is 1. The second kappa shape index (κ2) is 7.02. The molecule has 8 heteroatoms. The van der Waals surface area contributed by atoms with Gasteiger partial charge in [0, 0.05) is 4.88 Å². The molecule has 130 valence electrons. The topological polar surface area (TPSA) is 77.3 Å². The quantitative estimate of drug-likeness (QED) is 0.742. The number of nitrogens with one attached hydrogen (secondary N) is 1. The summed E-state index contributed by atoms with van der Waals surface area (Å²) >= 11 is 1.39. The fourth-order valence-corrected chi connectivity index (χ4v) is 2.92. The van der Waals surface area contributed by atoms with Gasteiger partial charge in [-0.25, -0.2) is 9.37 Å². The number of aryl methyl sites for hydroxylation is 3. The molecule has 0 atom stereocenters. The molecule has 1 aromatic carbocycles. The summed E-state index contributed by atoms with van der Waals surface area (Å²) in [5, 5.41) is 7.04. The molecule has 1 amide bonds. The van der Waals surface area contributed by atoms with Crippen molar-refractivity contribution in [2.24, 2.45) is 0 Å². The SMILES string of the molecule is Cc1nc(NC(=O)c2noc(C)c2COc2ccc(F)cc2)sc1C. The van der Waals surface area contributed by atoms with Crippen molar-refractivity contribution in [1.29, 1.82) is 0 Å². The largest absolute Gasteiger partial charge is 0.489 e. The maximum absolute atomic E-state index is 12.9. The van der Waals surface area contributed by atoms with Crippen LogP contribution in [0.1, 0.15) is 32.4 Å². The van der Waals surface area contributed by atoms with Gasteiger partial charge in [-0.2, -0.15) is 0 Å². The van der Waals surface area contributed by atoms with Gasteiger partial charge in [0.15, 0.2) is 10.8 Å². The van der Waals surface area contributed by atoms with Gasteiger partial charge >= 0.3 is 0 Å². The standard InChI is InChI=1S/C17H16FN3O3S/c1-9-11(3)25-17(19-9)20-16(22)15-14(10(2)24-21-15)8-23-13-6-4-12(18)5-7-13/h4-7H,8H2,1-3H3,(H,19,20,22). The van der Waals surface area contributed by atoms with Crippen LogP contribution < -0.4 is 10.1 Å².